The normalized spacial score (nSPS) is 18.6. The number of thioether (sulfide) groups is 1. The minimum atomic E-state index is -0.982. The lowest BCUT2D eigenvalue weighted by Crippen LogP contribution is -2.23. The molecule has 0 aliphatic carbocycles. The number of nitrogens with zero attached hydrogens (tertiary/aromatic N) is 1. The average molecular weight is 251 g/mol. The molecular formula is C13H17NO2S. The van der Waals surface area contributed by atoms with Gasteiger partial charge in [0.2, 0.25) is 0 Å². The predicted octanol–water partition coefficient (Wildman–Crippen LogP) is 2.59. The molecule has 1 N–H and O–H groups in total. The van der Waals surface area contributed by atoms with E-state index in [1.807, 2.05) is 18.2 Å². The fourth-order valence-electron chi connectivity index (χ4n) is 1.90. The van der Waals surface area contributed by atoms with Gasteiger partial charge in [0.15, 0.2) is 6.10 Å². The maximum absolute atomic E-state index is 11.6. The number of benzene rings is 1. The van der Waals surface area contributed by atoms with Crippen LogP contribution < -0.4 is 4.90 Å². The van der Waals surface area contributed by atoms with Crippen molar-refractivity contribution in [2.75, 3.05) is 17.7 Å². The van der Waals surface area contributed by atoms with E-state index in [9.17, 15) is 9.90 Å². The molecule has 4 heteroatoms. The fraction of sp³-hybridized carbons (Fsp3) is 0.462. The second-order valence-corrected chi connectivity index (χ2v) is 5.39. The molecule has 1 aliphatic rings. The highest BCUT2D eigenvalue weighted by atomic mass is 32.2. The monoisotopic (exact) mass is 251 g/mol. The van der Waals surface area contributed by atoms with E-state index >= 15 is 0 Å². The molecule has 1 aromatic carbocycles. The number of anilines is 1. The summed E-state index contributed by atoms with van der Waals surface area (Å²) in [4.78, 5) is 14.3. The Balaban J connectivity index is 2.18. The van der Waals surface area contributed by atoms with Crippen LogP contribution in [0.3, 0.4) is 0 Å². The van der Waals surface area contributed by atoms with Gasteiger partial charge in [-0.05, 0) is 24.3 Å². The van der Waals surface area contributed by atoms with Crippen LogP contribution >= 0.6 is 11.8 Å². The van der Waals surface area contributed by atoms with E-state index < -0.39 is 6.10 Å². The molecule has 1 atom stereocenters. The number of amides is 1. The molecule has 3 nitrogen and oxygen atoms in total. The Kier molecular flexibility index (Phi) is 3.74. The number of likely N-dealkylation sites (N-methyl/N-ethyl adjacent to an activating group) is 1. The molecule has 0 saturated carbocycles. The summed E-state index contributed by atoms with van der Waals surface area (Å²) >= 11 is 1.80. The smallest absolute Gasteiger partial charge is 0.260 e. The molecule has 1 amide bonds. The number of fused-ring (bicyclic) bond motifs is 1. The number of hydrogen-bond acceptors (Lipinski definition) is 3. The quantitative estimate of drug-likeness (QED) is 0.660. The number of unbranched alkanes of at least 4 members (excludes halogenated alkanes) is 1. The van der Waals surface area contributed by atoms with Gasteiger partial charge in [-0.15, -0.1) is 11.8 Å². The van der Waals surface area contributed by atoms with Gasteiger partial charge in [0.1, 0.15) is 0 Å². The molecule has 0 saturated heterocycles. The van der Waals surface area contributed by atoms with E-state index in [0.717, 1.165) is 21.9 Å². The lowest BCUT2D eigenvalue weighted by molar-refractivity contribution is -0.125. The molecule has 0 radical (unpaired) electrons. The van der Waals surface area contributed by atoms with E-state index in [0.29, 0.717) is 0 Å². The third-order valence-corrected chi connectivity index (χ3v) is 4.07. The van der Waals surface area contributed by atoms with Crippen molar-refractivity contribution in [3.63, 3.8) is 0 Å². The summed E-state index contributed by atoms with van der Waals surface area (Å²) in [7, 11) is 1.71. The van der Waals surface area contributed by atoms with Crippen molar-refractivity contribution in [1.29, 1.82) is 0 Å². The zero-order valence-electron chi connectivity index (χ0n) is 10.1. The highest BCUT2D eigenvalue weighted by molar-refractivity contribution is 7.99. The maximum Gasteiger partial charge on any atom is 0.260 e. The Morgan fingerprint density at radius 2 is 2.24 bits per heavy atom. The van der Waals surface area contributed by atoms with Gasteiger partial charge < -0.3 is 10.0 Å². The SMILES string of the molecule is CCCCSc1ccc2c(c1)N(C)C(=O)C2O. The zero-order chi connectivity index (χ0) is 12.4. The van der Waals surface area contributed by atoms with Crippen LogP contribution in [0.15, 0.2) is 23.1 Å². The van der Waals surface area contributed by atoms with Gasteiger partial charge in [-0.1, -0.05) is 19.4 Å². The van der Waals surface area contributed by atoms with Gasteiger partial charge in [0.25, 0.3) is 5.91 Å². The van der Waals surface area contributed by atoms with Crippen LogP contribution in [0.5, 0.6) is 0 Å². The second kappa shape index (κ2) is 5.10. The van der Waals surface area contributed by atoms with Crippen molar-refractivity contribution in [2.45, 2.75) is 30.8 Å². The third kappa shape index (κ3) is 2.33. The lowest BCUT2D eigenvalue weighted by Gasteiger charge is -2.10. The fourth-order valence-corrected chi connectivity index (χ4v) is 2.93. The molecule has 0 fully saturated rings. The van der Waals surface area contributed by atoms with Gasteiger partial charge >= 0.3 is 0 Å². The molecule has 17 heavy (non-hydrogen) atoms. The van der Waals surface area contributed by atoms with Gasteiger partial charge in [-0.3, -0.25) is 4.79 Å². The third-order valence-electron chi connectivity index (χ3n) is 2.99. The Morgan fingerprint density at radius 1 is 1.47 bits per heavy atom. The number of carbonyl (C=O) groups excluding carboxylic acids is 1. The van der Waals surface area contributed by atoms with E-state index in [2.05, 4.69) is 6.92 Å². The molecule has 1 aromatic rings. The summed E-state index contributed by atoms with van der Waals surface area (Å²) in [5.41, 5.74) is 1.56. The molecule has 1 aliphatic heterocycles. The summed E-state index contributed by atoms with van der Waals surface area (Å²) in [6.07, 6.45) is 1.40. The number of aliphatic hydroxyl groups is 1. The van der Waals surface area contributed by atoms with Gasteiger partial charge in [0.05, 0.1) is 5.69 Å². The highest BCUT2D eigenvalue weighted by Crippen LogP contribution is 2.37. The molecule has 0 aromatic heterocycles. The number of aliphatic hydroxyl groups excluding tert-OH is 1. The standard InChI is InChI=1S/C13H17NO2S/c1-3-4-7-17-9-5-6-10-11(8-9)14(2)13(16)12(10)15/h5-6,8,12,15H,3-4,7H2,1-2H3. The maximum atomic E-state index is 11.6. The highest BCUT2D eigenvalue weighted by Gasteiger charge is 2.33. The van der Waals surface area contributed by atoms with Crippen LogP contribution in [0.4, 0.5) is 5.69 Å². The minimum Gasteiger partial charge on any atom is -0.378 e. The Labute approximate surface area is 106 Å². The van der Waals surface area contributed by atoms with Crippen LogP contribution in [0.25, 0.3) is 0 Å². The van der Waals surface area contributed by atoms with Crippen molar-refractivity contribution in [1.82, 2.24) is 0 Å². The molecular weight excluding hydrogens is 234 g/mol. The van der Waals surface area contributed by atoms with Crippen molar-refractivity contribution >= 4 is 23.4 Å². The second-order valence-electron chi connectivity index (χ2n) is 4.22. The molecule has 2 rings (SSSR count). The molecule has 0 spiro atoms. The Bertz CT molecular complexity index is 433. The van der Waals surface area contributed by atoms with E-state index in [1.165, 1.54) is 17.7 Å². The average Bonchev–Trinajstić information content (AvgIpc) is 2.55. The lowest BCUT2D eigenvalue weighted by atomic mass is 10.1. The van der Waals surface area contributed by atoms with Crippen molar-refractivity contribution in [3.8, 4) is 0 Å². The summed E-state index contributed by atoms with van der Waals surface area (Å²) in [5, 5.41) is 9.73. The van der Waals surface area contributed by atoms with E-state index in [-0.39, 0.29) is 5.91 Å². The van der Waals surface area contributed by atoms with E-state index in [4.69, 9.17) is 0 Å². The van der Waals surface area contributed by atoms with Gasteiger partial charge in [-0.2, -0.15) is 0 Å². The molecule has 1 unspecified atom stereocenters. The first-order valence-electron chi connectivity index (χ1n) is 5.87. The van der Waals surface area contributed by atoms with Crippen LogP contribution in [0, 0.1) is 0 Å². The topological polar surface area (TPSA) is 40.5 Å². The summed E-state index contributed by atoms with van der Waals surface area (Å²) < 4.78 is 0. The predicted molar refractivity (Wildman–Crippen MR) is 70.4 cm³/mol. The Morgan fingerprint density at radius 3 is 2.94 bits per heavy atom. The minimum absolute atomic E-state index is 0.240. The largest absolute Gasteiger partial charge is 0.378 e. The van der Waals surface area contributed by atoms with Gasteiger partial charge in [-0.25, -0.2) is 0 Å². The van der Waals surface area contributed by atoms with Crippen LogP contribution in [0.1, 0.15) is 31.4 Å². The van der Waals surface area contributed by atoms with Crippen molar-refractivity contribution < 1.29 is 9.90 Å². The van der Waals surface area contributed by atoms with Crippen molar-refractivity contribution in [3.05, 3.63) is 23.8 Å². The first kappa shape index (κ1) is 12.5. The summed E-state index contributed by atoms with van der Waals surface area (Å²) in [5.74, 6) is 0.853. The Hall–Kier alpha value is -1.00. The molecule has 1 heterocycles. The van der Waals surface area contributed by atoms with Crippen LogP contribution in [-0.2, 0) is 4.79 Å². The van der Waals surface area contributed by atoms with Crippen LogP contribution in [0.2, 0.25) is 0 Å². The number of hydrogen-bond donors (Lipinski definition) is 1. The zero-order valence-corrected chi connectivity index (χ0v) is 11.0. The van der Waals surface area contributed by atoms with Gasteiger partial charge in [0, 0.05) is 17.5 Å². The number of rotatable bonds is 4. The summed E-state index contributed by atoms with van der Waals surface area (Å²) in [6.45, 7) is 2.17. The molecule has 92 valence electrons. The first-order chi connectivity index (χ1) is 8.15. The number of carbonyl (C=O) groups is 1. The van der Waals surface area contributed by atoms with Crippen molar-refractivity contribution in [2.24, 2.45) is 0 Å². The van der Waals surface area contributed by atoms with E-state index in [1.54, 1.807) is 18.8 Å². The summed E-state index contributed by atoms with van der Waals surface area (Å²) in [6, 6.07) is 5.83. The van der Waals surface area contributed by atoms with Crippen LogP contribution in [-0.4, -0.2) is 23.8 Å². The molecule has 0 bridgehead atoms. The first-order valence-corrected chi connectivity index (χ1v) is 6.86.